The fourth-order valence-corrected chi connectivity index (χ4v) is 1.42. The molecule has 4 N–H and O–H groups in total. The SMILES string of the molecule is O=C(Nc1ccc(F)c(C(=O)O)c1)c1c[nH]c(=O)[nH]1. The highest BCUT2D eigenvalue weighted by Crippen LogP contribution is 2.15. The third kappa shape index (κ3) is 2.68. The number of H-pyrrole nitrogens is 2. The van der Waals surface area contributed by atoms with Crippen molar-refractivity contribution in [2.45, 2.75) is 0 Å². The minimum atomic E-state index is -1.44. The Morgan fingerprint density at radius 2 is 2.05 bits per heavy atom. The number of carboxylic acids is 1. The number of imidazole rings is 1. The molecule has 0 unspecified atom stereocenters. The lowest BCUT2D eigenvalue weighted by Crippen LogP contribution is -2.14. The Bertz CT molecular complexity index is 704. The van der Waals surface area contributed by atoms with Crippen LogP contribution in [0, 0.1) is 5.82 Å². The van der Waals surface area contributed by atoms with Crippen LogP contribution in [0.3, 0.4) is 0 Å². The Balaban J connectivity index is 2.24. The molecule has 0 saturated heterocycles. The van der Waals surface area contributed by atoms with Gasteiger partial charge in [0.1, 0.15) is 11.5 Å². The van der Waals surface area contributed by atoms with E-state index >= 15 is 0 Å². The zero-order valence-electron chi connectivity index (χ0n) is 9.36. The molecule has 0 aliphatic heterocycles. The molecule has 0 bridgehead atoms. The molecule has 0 atom stereocenters. The molecular formula is C11H8FN3O4. The van der Waals surface area contributed by atoms with E-state index in [4.69, 9.17) is 5.11 Å². The van der Waals surface area contributed by atoms with Gasteiger partial charge in [-0.15, -0.1) is 0 Å². The van der Waals surface area contributed by atoms with Gasteiger partial charge in [-0.2, -0.15) is 0 Å². The van der Waals surface area contributed by atoms with Gasteiger partial charge in [-0.3, -0.25) is 4.79 Å². The van der Waals surface area contributed by atoms with E-state index in [0.29, 0.717) is 0 Å². The largest absolute Gasteiger partial charge is 0.478 e. The van der Waals surface area contributed by atoms with Gasteiger partial charge in [0.25, 0.3) is 5.91 Å². The van der Waals surface area contributed by atoms with Crippen molar-refractivity contribution < 1.29 is 19.1 Å². The summed E-state index contributed by atoms with van der Waals surface area (Å²) >= 11 is 0. The predicted molar refractivity (Wildman–Crippen MR) is 62.7 cm³/mol. The van der Waals surface area contributed by atoms with Gasteiger partial charge in [0.05, 0.1) is 5.56 Å². The van der Waals surface area contributed by atoms with Crippen molar-refractivity contribution in [2.24, 2.45) is 0 Å². The molecule has 0 fully saturated rings. The van der Waals surface area contributed by atoms with Crippen LogP contribution in [0.2, 0.25) is 0 Å². The number of hydrogen-bond acceptors (Lipinski definition) is 3. The van der Waals surface area contributed by atoms with E-state index in [1.807, 2.05) is 0 Å². The second kappa shape index (κ2) is 4.77. The van der Waals surface area contributed by atoms with Crippen molar-refractivity contribution in [3.8, 4) is 0 Å². The highest BCUT2D eigenvalue weighted by Gasteiger charge is 2.13. The van der Waals surface area contributed by atoms with Gasteiger partial charge in [0.15, 0.2) is 0 Å². The van der Waals surface area contributed by atoms with Crippen LogP contribution in [0.4, 0.5) is 10.1 Å². The molecule has 0 aliphatic rings. The van der Waals surface area contributed by atoms with Gasteiger partial charge < -0.3 is 20.4 Å². The fourth-order valence-electron chi connectivity index (χ4n) is 1.42. The third-order valence-electron chi connectivity index (χ3n) is 2.30. The number of benzene rings is 1. The average Bonchev–Trinajstić information content (AvgIpc) is 2.78. The van der Waals surface area contributed by atoms with E-state index in [-0.39, 0.29) is 11.4 Å². The van der Waals surface area contributed by atoms with Crippen molar-refractivity contribution in [3.05, 3.63) is 52.0 Å². The number of nitrogens with one attached hydrogen (secondary N) is 3. The van der Waals surface area contributed by atoms with Crippen LogP contribution in [0.25, 0.3) is 0 Å². The molecule has 0 radical (unpaired) electrons. The number of hydrogen-bond donors (Lipinski definition) is 4. The van der Waals surface area contributed by atoms with Gasteiger partial charge in [-0.05, 0) is 18.2 Å². The van der Waals surface area contributed by atoms with Crippen molar-refractivity contribution in [1.29, 1.82) is 0 Å². The van der Waals surface area contributed by atoms with Crippen LogP contribution in [0.5, 0.6) is 0 Å². The Hall–Kier alpha value is -2.90. The summed E-state index contributed by atoms with van der Waals surface area (Å²) in [4.78, 5) is 37.7. The predicted octanol–water partition coefficient (Wildman–Crippen LogP) is 0.793. The summed E-state index contributed by atoms with van der Waals surface area (Å²) in [5.41, 5.74) is -1.02. The molecule has 7 nitrogen and oxygen atoms in total. The van der Waals surface area contributed by atoms with Gasteiger partial charge in [0, 0.05) is 11.9 Å². The summed E-state index contributed by atoms with van der Waals surface area (Å²) < 4.78 is 13.1. The number of anilines is 1. The van der Waals surface area contributed by atoms with E-state index in [0.717, 1.165) is 12.1 Å². The monoisotopic (exact) mass is 265 g/mol. The molecule has 8 heteroatoms. The maximum atomic E-state index is 13.1. The molecule has 0 aliphatic carbocycles. The standard InChI is InChI=1S/C11H8FN3O4/c12-7-2-1-5(3-6(7)10(17)18)14-9(16)8-4-13-11(19)15-8/h1-4H,(H,14,16)(H,17,18)(H2,13,15,19). The quantitative estimate of drug-likeness (QED) is 0.656. The summed E-state index contributed by atoms with van der Waals surface area (Å²) in [6.07, 6.45) is 1.17. The first-order valence-corrected chi connectivity index (χ1v) is 5.09. The second-order valence-corrected chi connectivity index (χ2v) is 3.61. The minimum Gasteiger partial charge on any atom is -0.478 e. The molecule has 0 saturated carbocycles. The minimum absolute atomic E-state index is 0.0220. The number of aromatic nitrogens is 2. The molecule has 2 rings (SSSR count). The highest BCUT2D eigenvalue weighted by molar-refractivity contribution is 6.03. The van der Waals surface area contributed by atoms with Crippen LogP contribution in [0.1, 0.15) is 20.8 Å². The summed E-state index contributed by atoms with van der Waals surface area (Å²) in [5, 5.41) is 11.1. The number of aromatic amines is 2. The zero-order valence-corrected chi connectivity index (χ0v) is 9.36. The van der Waals surface area contributed by atoms with E-state index < -0.39 is 28.9 Å². The normalized spacial score (nSPS) is 10.2. The van der Waals surface area contributed by atoms with Gasteiger partial charge in [0.2, 0.25) is 0 Å². The smallest absolute Gasteiger partial charge is 0.338 e. The van der Waals surface area contributed by atoms with Crippen molar-refractivity contribution in [3.63, 3.8) is 0 Å². The molecule has 1 aromatic carbocycles. The molecule has 0 spiro atoms. The van der Waals surface area contributed by atoms with E-state index in [1.54, 1.807) is 0 Å². The van der Waals surface area contributed by atoms with Gasteiger partial charge in [-0.25, -0.2) is 14.0 Å². The molecule has 98 valence electrons. The topological polar surface area (TPSA) is 115 Å². The first kappa shape index (κ1) is 12.6. The van der Waals surface area contributed by atoms with Crippen LogP contribution in [0.15, 0.2) is 29.2 Å². The Morgan fingerprint density at radius 1 is 1.32 bits per heavy atom. The van der Waals surface area contributed by atoms with E-state index in [1.165, 1.54) is 12.3 Å². The van der Waals surface area contributed by atoms with Crippen LogP contribution in [-0.2, 0) is 0 Å². The number of aromatic carboxylic acids is 1. The molecular weight excluding hydrogens is 257 g/mol. The first-order valence-electron chi connectivity index (χ1n) is 5.09. The highest BCUT2D eigenvalue weighted by atomic mass is 19.1. The van der Waals surface area contributed by atoms with E-state index in [9.17, 15) is 18.8 Å². The molecule has 19 heavy (non-hydrogen) atoms. The van der Waals surface area contributed by atoms with Crippen molar-refractivity contribution in [2.75, 3.05) is 5.32 Å². The average molecular weight is 265 g/mol. The van der Waals surface area contributed by atoms with Crippen LogP contribution < -0.4 is 11.0 Å². The first-order chi connectivity index (χ1) is 8.97. The molecule has 1 heterocycles. The summed E-state index contributed by atoms with van der Waals surface area (Å²) in [6, 6.07) is 3.13. The number of carboxylic acid groups (broad SMARTS) is 1. The lowest BCUT2D eigenvalue weighted by Gasteiger charge is -2.05. The molecule has 1 aromatic heterocycles. The zero-order chi connectivity index (χ0) is 14.0. The Morgan fingerprint density at radius 3 is 2.63 bits per heavy atom. The summed E-state index contributed by atoms with van der Waals surface area (Å²) in [6.45, 7) is 0. The van der Waals surface area contributed by atoms with Gasteiger partial charge in [-0.1, -0.05) is 0 Å². The lowest BCUT2D eigenvalue weighted by molar-refractivity contribution is 0.0691. The second-order valence-electron chi connectivity index (χ2n) is 3.61. The number of halogens is 1. The van der Waals surface area contributed by atoms with Crippen molar-refractivity contribution >= 4 is 17.6 Å². The Kier molecular flexibility index (Phi) is 3.15. The number of carbonyl (C=O) groups excluding carboxylic acids is 1. The van der Waals surface area contributed by atoms with Crippen LogP contribution >= 0.6 is 0 Å². The Labute approximate surface area is 105 Å². The fraction of sp³-hybridized carbons (Fsp3) is 0. The maximum Gasteiger partial charge on any atom is 0.338 e. The lowest BCUT2D eigenvalue weighted by atomic mass is 10.2. The number of amides is 1. The summed E-state index contributed by atoms with van der Waals surface area (Å²) in [5.74, 6) is -2.99. The molecule has 1 amide bonds. The molecule has 2 aromatic rings. The van der Waals surface area contributed by atoms with E-state index in [2.05, 4.69) is 15.3 Å². The third-order valence-corrected chi connectivity index (χ3v) is 2.30. The van der Waals surface area contributed by atoms with Gasteiger partial charge >= 0.3 is 11.7 Å². The summed E-state index contributed by atoms with van der Waals surface area (Å²) in [7, 11) is 0. The maximum absolute atomic E-state index is 13.1. The van der Waals surface area contributed by atoms with Crippen molar-refractivity contribution in [1.82, 2.24) is 9.97 Å². The number of rotatable bonds is 3. The van der Waals surface area contributed by atoms with Crippen LogP contribution in [-0.4, -0.2) is 27.0 Å². The number of carbonyl (C=O) groups is 2.